The number of carbonyl (C=O) groups excluding carboxylic acids is 1. The van der Waals surface area contributed by atoms with E-state index in [9.17, 15) is 4.79 Å². The van der Waals surface area contributed by atoms with Gasteiger partial charge in [0.05, 0.1) is 0 Å². The summed E-state index contributed by atoms with van der Waals surface area (Å²) in [6.45, 7) is 4.34. The smallest absolute Gasteiger partial charge is 0.254 e. The van der Waals surface area contributed by atoms with E-state index in [1.807, 2.05) is 35.2 Å². The number of carbonyl (C=O) groups is 1. The van der Waals surface area contributed by atoms with Crippen molar-refractivity contribution >= 4 is 5.91 Å². The zero-order valence-electron chi connectivity index (χ0n) is 8.73. The second-order valence-corrected chi connectivity index (χ2v) is 3.84. The first-order chi connectivity index (χ1) is 7.33. The van der Waals surface area contributed by atoms with Gasteiger partial charge in [0.25, 0.3) is 5.91 Å². The number of amides is 1. The van der Waals surface area contributed by atoms with Gasteiger partial charge in [-0.15, -0.1) is 6.58 Å². The Morgan fingerprint density at radius 3 is 2.60 bits per heavy atom. The van der Waals surface area contributed by atoms with Crippen LogP contribution in [0.2, 0.25) is 0 Å². The van der Waals surface area contributed by atoms with Gasteiger partial charge in [0.1, 0.15) is 0 Å². The molecule has 0 heterocycles. The van der Waals surface area contributed by atoms with E-state index >= 15 is 0 Å². The summed E-state index contributed by atoms with van der Waals surface area (Å²) in [6, 6.07) is 9.88. The van der Waals surface area contributed by atoms with Crippen molar-refractivity contribution in [3.8, 4) is 0 Å². The van der Waals surface area contributed by atoms with Crippen LogP contribution in [0.1, 0.15) is 23.2 Å². The highest BCUT2D eigenvalue weighted by atomic mass is 16.2. The summed E-state index contributed by atoms with van der Waals surface area (Å²) in [6.07, 6.45) is 4.05. The van der Waals surface area contributed by atoms with E-state index in [1.165, 1.54) is 0 Å². The summed E-state index contributed by atoms with van der Waals surface area (Å²) in [7, 11) is 0. The average molecular weight is 201 g/mol. The van der Waals surface area contributed by atoms with Crippen molar-refractivity contribution in [2.45, 2.75) is 18.9 Å². The van der Waals surface area contributed by atoms with Gasteiger partial charge in [-0.2, -0.15) is 0 Å². The van der Waals surface area contributed by atoms with Gasteiger partial charge in [-0.05, 0) is 25.0 Å². The molecule has 2 heteroatoms. The average Bonchev–Trinajstić information content (AvgIpc) is 3.10. The lowest BCUT2D eigenvalue weighted by Crippen LogP contribution is -2.33. The van der Waals surface area contributed by atoms with Crippen LogP contribution in [-0.4, -0.2) is 23.4 Å². The molecule has 0 bridgehead atoms. The molecule has 15 heavy (non-hydrogen) atoms. The predicted octanol–water partition coefficient (Wildman–Crippen LogP) is 2.48. The summed E-state index contributed by atoms with van der Waals surface area (Å²) in [4.78, 5) is 14.0. The van der Waals surface area contributed by atoms with Gasteiger partial charge in [-0.3, -0.25) is 4.79 Å². The van der Waals surface area contributed by atoms with E-state index in [4.69, 9.17) is 0 Å². The minimum absolute atomic E-state index is 0.123. The van der Waals surface area contributed by atoms with Crippen LogP contribution >= 0.6 is 0 Å². The maximum Gasteiger partial charge on any atom is 0.254 e. The van der Waals surface area contributed by atoms with E-state index in [0.717, 1.165) is 18.4 Å². The molecular formula is C13H15NO. The van der Waals surface area contributed by atoms with E-state index in [2.05, 4.69) is 6.58 Å². The van der Waals surface area contributed by atoms with Gasteiger partial charge >= 0.3 is 0 Å². The molecule has 78 valence electrons. The van der Waals surface area contributed by atoms with Crippen LogP contribution in [-0.2, 0) is 0 Å². The molecule has 0 aromatic heterocycles. The van der Waals surface area contributed by atoms with Crippen molar-refractivity contribution in [3.63, 3.8) is 0 Å². The summed E-state index contributed by atoms with van der Waals surface area (Å²) < 4.78 is 0. The van der Waals surface area contributed by atoms with Crippen LogP contribution < -0.4 is 0 Å². The van der Waals surface area contributed by atoms with Crippen molar-refractivity contribution < 1.29 is 4.79 Å². The highest BCUT2D eigenvalue weighted by molar-refractivity contribution is 5.94. The molecule has 1 aromatic rings. The molecule has 2 rings (SSSR count). The van der Waals surface area contributed by atoms with E-state index < -0.39 is 0 Å². The molecule has 1 fully saturated rings. The molecule has 0 aliphatic heterocycles. The lowest BCUT2D eigenvalue weighted by atomic mass is 10.2. The van der Waals surface area contributed by atoms with Crippen molar-refractivity contribution in [2.75, 3.05) is 6.54 Å². The minimum atomic E-state index is 0.123. The first-order valence-corrected chi connectivity index (χ1v) is 5.30. The molecule has 0 saturated heterocycles. The molecule has 0 spiro atoms. The molecule has 1 amide bonds. The third-order valence-electron chi connectivity index (χ3n) is 2.60. The molecule has 2 nitrogen and oxygen atoms in total. The molecule has 0 N–H and O–H groups in total. The van der Waals surface area contributed by atoms with Crippen molar-refractivity contribution in [3.05, 3.63) is 48.6 Å². The predicted molar refractivity (Wildman–Crippen MR) is 60.7 cm³/mol. The van der Waals surface area contributed by atoms with Crippen LogP contribution in [0.4, 0.5) is 0 Å². The summed E-state index contributed by atoms with van der Waals surface area (Å²) in [5.74, 6) is 0.123. The van der Waals surface area contributed by atoms with Crippen molar-refractivity contribution in [1.29, 1.82) is 0 Å². The van der Waals surface area contributed by atoms with Crippen molar-refractivity contribution in [2.24, 2.45) is 0 Å². The van der Waals surface area contributed by atoms with Gasteiger partial charge in [0.2, 0.25) is 0 Å². The fourth-order valence-corrected chi connectivity index (χ4v) is 1.67. The zero-order valence-corrected chi connectivity index (χ0v) is 8.73. The summed E-state index contributed by atoms with van der Waals surface area (Å²) in [5.41, 5.74) is 0.770. The van der Waals surface area contributed by atoms with Gasteiger partial charge in [0, 0.05) is 18.2 Å². The number of nitrogens with zero attached hydrogens (tertiary/aromatic N) is 1. The Bertz CT molecular complexity index is 354. The SMILES string of the molecule is C=CCN(C(=O)c1ccccc1)C1CC1. The molecular weight excluding hydrogens is 186 g/mol. The quantitative estimate of drug-likeness (QED) is 0.685. The third kappa shape index (κ3) is 2.27. The Balaban J connectivity index is 2.14. The molecule has 0 unspecified atom stereocenters. The van der Waals surface area contributed by atoms with Gasteiger partial charge in [-0.25, -0.2) is 0 Å². The minimum Gasteiger partial charge on any atom is -0.332 e. The first kappa shape index (κ1) is 9.97. The monoisotopic (exact) mass is 201 g/mol. The second-order valence-electron chi connectivity index (χ2n) is 3.84. The van der Waals surface area contributed by atoms with Gasteiger partial charge < -0.3 is 4.90 Å². The van der Waals surface area contributed by atoms with Gasteiger partial charge in [-0.1, -0.05) is 24.3 Å². The summed E-state index contributed by atoms with van der Waals surface area (Å²) >= 11 is 0. The second kappa shape index (κ2) is 4.30. The molecule has 1 aromatic carbocycles. The Morgan fingerprint density at radius 2 is 2.07 bits per heavy atom. The lowest BCUT2D eigenvalue weighted by Gasteiger charge is -2.20. The maximum atomic E-state index is 12.1. The van der Waals surface area contributed by atoms with Gasteiger partial charge in [0.15, 0.2) is 0 Å². The number of rotatable bonds is 4. The fourth-order valence-electron chi connectivity index (χ4n) is 1.67. The zero-order chi connectivity index (χ0) is 10.7. The molecule has 1 aliphatic rings. The van der Waals surface area contributed by atoms with E-state index in [0.29, 0.717) is 12.6 Å². The maximum absolute atomic E-state index is 12.1. The first-order valence-electron chi connectivity index (χ1n) is 5.30. The Kier molecular flexibility index (Phi) is 2.86. The number of hydrogen-bond acceptors (Lipinski definition) is 1. The standard InChI is InChI=1S/C13H15NO/c1-2-10-14(12-8-9-12)13(15)11-6-4-3-5-7-11/h2-7,12H,1,8-10H2. The molecule has 1 saturated carbocycles. The largest absolute Gasteiger partial charge is 0.332 e. The molecule has 0 radical (unpaired) electrons. The highest BCUT2D eigenvalue weighted by Crippen LogP contribution is 2.27. The Hall–Kier alpha value is -1.57. The number of benzene rings is 1. The Morgan fingerprint density at radius 1 is 1.40 bits per heavy atom. The molecule has 0 atom stereocenters. The van der Waals surface area contributed by atoms with Crippen LogP contribution in [0.25, 0.3) is 0 Å². The fraction of sp³-hybridized carbons (Fsp3) is 0.308. The highest BCUT2D eigenvalue weighted by Gasteiger charge is 2.31. The Labute approximate surface area is 90.2 Å². The normalized spacial score (nSPS) is 14.7. The lowest BCUT2D eigenvalue weighted by molar-refractivity contribution is 0.0762. The topological polar surface area (TPSA) is 20.3 Å². The summed E-state index contributed by atoms with van der Waals surface area (Å²) in [5, 5.41) is 0. The van der Waals surface area contributed by atoms with Crippen LogP contribution in [0, 0.1) is 0 Å². The molecule has 1 aliphatic carbocycles. The van der Waals surface area contributed by atoms with E-state index in [1.54, 1.807) is 6.08 Å². The third-order valence-corrected chi connectivity index (χ3v) is 2.60. The van der Waals surface area contributed by atoms with E-state index in [-0.39, 0.29) is 5.91 Å². The number of hydrogen-bond donors (Lipinski definition) is 0. The van der Waals surface area contributed by atoms with Crippen molar-refractivity contribution in [1.82, 2.24) is 4.90 Å². The van der Waals surface area contributed by atoms with Crippen LogP contribution in [0.3, 0.4) is 0 Å². The van der Waals surface area contributed by atoms with Crippen LogP contribution in [0.5, 0.6) is 0 Å². The van der Waals surface area contributed by atoms with Crippen LogP contribution in [0.15, 0.2) is 43.0 Å².